The van der Waals surface area contributed by atoms with Gasteiger partial charge in [0.15, 0.2) is 0 Å². The lowest BCUT2D eigenvalue weighted by Gasteiger charge is -2.06. The molecule has 102 valence electrons. The van der Waals surface area contributed by atoms with Gasteiger partial charge in [-0.15, -0.1) is 0 Å². The number of hydrogen-bond donors (Lipinski definition) is 2. The van der Waals surface area contributed by atoms with E-state index in [9.17, 15) is 12.6 Å². The fraction of sp³-hybridized carbons (Fsp3) is 0.455. The summed E-state index contributed by atoms with van der Waals surface area (Å²) in [4.78, 5) is 0.220. The van der Waals surface area contributed by atoms with E-state index >= 15 is 0 Å². The van der Waals surface area contributed by atoms with Gasteiger partial charge in [-0.25, -0.2) is 13.1 Å². The minimum atomic E-state index is -3.47. The van der Waals surface area contributed by atoms with Crippen LogP contribution in [0.15, 0.2) is 29.2 Å². The maximum Gasteiger partial charge on any atom is 0.240 e. The van der Waals surface area contributed by atoms with E-state index in [-0.39, 0.29) is 4.90 Å². The van der Waals surface area contributed by atoms with Crippen molar-refractivity contribution in [3.8, 4) is 0 Å². The van der Waals surface area contributed by atoms with Gasteiger partial charge < -0.3 is 5.73 Å². The molecule has 0 aliphatic rings. The van der Waals surface area contributed by atoms with Gasteiger partial charge in [0.2, 0.25) is 10.0 Å². The standard InChI is InChI=1S/C11H18N2O3S2/c1-17(14)8-2-7-13-18(15,16)11-5-3-10(9-12)4-6-11/h3-6,13H,2,7-9,12H2,1H3. The molecule has 1 rings (SSSR count). The summed E-state index contributed by atoms with van der Waals surface area (Å²) in [5, 5.41) is 0. The summed E-state index contributed by atoms with van der Waals surface area (Å²) < 4.78 is 37.0. The van der Waals surface area contributed by atoms with E-state index < -0.39 is 20.8 Å². The van der Waals surface area contributed by atoms with E-state index in [4.69, 9.17) is 5.73 Å². The second-order valence-electron chi connectivity index (χ2n) is 3.88. The van der Waals surface area contributed by atoms with Crippen molar-refractivity contribution in [3.05, 3.63) is 29.8 Å². The van der Waals surface area contributed by atoms with Crippen molar-refractivity contribution in [1.82, 2.24) is 4.72 Å². The van der Waals surface area contributed by atoms with Crippen LogP contribution in [0.4, 0.5) is 0 Å². The number of nitrogens with two attached hydrogens (primary N) is 1. The van der Waals surface area contributed by atoms with Gasteiger partial charge in [0.25, 0.3) is 0 Å². The molecule has 0 radical (unpaired) electrons. The Morgan fingerprint density at radius 2 is 1.89 bits per heavy atom. The molecule has 0 bridgehead atoms. The third-order valence-corrected chi connectivity index (χ3v) is 4.71. The lowest BCUT2D eigenvalue weighted by Crippen LogP contribution is -2.25. The van der Waals surface area contributed by atoms with Crippen LogP contribution in [0.2, 0.25) is 0 Å². The Morgan fingerprint density at radius 3 is 2.39 bits per heavy atom. The molecule has 1 aromatic rings. The molecule has 0 saturated carbocycles. The first-order valence-corrected chi connectivity index (χ1v) is 8.75. The molecule has 5 nitrogen and oxygen atoms in total. The SMILES string of the molecule is CS(=O)CCCNS(=O)(=O)c1ccc(CN)cc1. The summed E-state index contributed by atoms with van der Waals surface area (Å²) in [6, 6.07) is 6.44. The summed E-state index contributed by atoms with van der Waals surface area (Å²) in [6.45, 7) is 0.677. The highest BCUT2D eigenvalue weighted by molar-refractivity contribution is 7.89. The molecule has 7 heteroatoms. The highest BCUT2D eigenvalue weighted by Crippen LogP contribution is 2.10. The third kappa shape index (κ3) is 4.85. The minimum Gasteiger partial charge on any atom is -0.326 e. The van der Waals surface area contributed by atoms with Gasteiger partial charge in [0.05, 0.1) is 4.90 Å². The molecule has 1 aromatic carbocycles. The van der Waals surface area contributed by atoms with Crippen LogP contribution in [0.3, 0.4) is 0 Å². The van der Waals surface area contributed by atoms with Crippen molar-refractivity contribution in [2.75, 3.05) is 18.6 Å². The van der Waals surface area contributed by atoms with Gasteiger partial charge in [-0.1, -0.05) is 12.1 Å². The Kier molecular flexibility index (Phi) is 5.94. The lowest BCUT2D eigenvalue weighted by molar-refractivity contribution is 0.580. The average molecular weight is 290 g/mol. The van der Waals surface area contributed by atoms with Crippen LogP contribution >= 0.6 is 0 Å². The van der Waals surface area contributed by atoms with Crippen molar-refractivity contribution in [1.29, 1.82) is 0 Å². The van der Waals surface area contributed by atoms with E-state index in [2.05, 4.69) is 4.72 Å². The molecule has 0 amide bonds. The van der Waals surface area contributed by atoms with E-state index in [0.717, 1.165) is 5.56 Å². The first-order valence-electron chi connectivity index (χ1n) is 5.54. The Labute approximate surface area is 110 Å². The molecule has 18 heavy (non-hydrogen) atoms. The molecular formula is C11H18N2O3S2. The zero-order valence-electron chi connectivity index (χ0n) is 10.3. The van der Waals surface area contributed by atoms with Gasteiger partial charge in [-0.05, 0) is 24.1 Å². The van der Waals surface area contributed by atoms with E-state index in [1.54, 1.807) is 18.4 Å². The Morgan fingerprint density at radius 1 is 1.28 bits per heavy atom. The van der Waals surface area contributed by atoms with E-state index in [1.807, 2.05) is 0 Å². The molecule has 0 spiro atoms. The maximum absolute atomic E-state index is 11.9. The minimum absolute atomic E-state index is 0.220. The molecule has 0 heterocycles. The van der Waals surface area contributed by atoms with Gasteiger partial charge in [-0.2, -0.15) is 0 Å². The molecule has 0 aliphatic carbocycles. The predicted octanol–water partition coefficient (Wildman–Crippen LogP) is 0.192. The molecular weight excluding hydrogens is 272 g/mol. The maximum atomic E-state index is 11.9. The summed E-state index contributed by atoms with van der Waals surface area (Å²) in [7, 11) is -4.36. The lowest BCUT2D eigenvalue weighted by atomic mass is 10.2. The van der Waals surface area contributed by atoms with Crippen LogP contribution in [-0.2, 0) is 27.4 Å². The fourth-order valence-electron chi connectivity index (χ4n) is 1.37. The molecule has 3 N–H and O–H groups in total. The van der Waals surface area contributed by atoms with Gasteiger partial charge >= 0.3 is 0 Å². The zero-order chi connectivity index (χ0) is 13.6. The van der Waals surface area contributed by atoms with E-state index in [1.165, 1.54) is 12.1 Å². The van der Waals surface area contributed by atoms with Crippen molar-refractivity contribution in [3.63, 3.8) is 0 Å². The number of benzene rings is 1. The largest absolute Gasteiger partial charge is 0.326 e. The number of nitrogens with one attached hydrogen (secondary N) is 1. The molecule has 1 atom stereocenters. The third-order valence-electron chi connectivity index (χ3n) is 2.37. The quantitative estimate of drug-likeness (QED) is 0.702. The molecule has 0 saturated heterocycles. The molecule has 0 fully saturated rings. The van der Waals surface area contributed by atoms with Crippen molar-refractivity contribution < 1.29 is 12.6 Å². The van der Waals surface area contributed by atoms with Crippen LogP contribution in [0.5, 0.6) is 0 Å². The Bertz CT molecular complexity index is 498. The monoisotopic (exact) mass is 290 g/mol. The number of hydrogen-bond acceptors (Lipinski definition) is 4. The molecule has 0 aliphatic heterocycles. The smallest absolute Gasteiger partial charge is 0.240 e. The second kappa shape index (κ2) is 6.98. The van der Waals surface area contributed by atoms with Gasteiger partial charge in [0.1, 0.15) is 0 Å². The number of sulfonamides is 1. The Hall–Kier alpha value is -0.760. The second-order valence-corrected chi connectivity index (χ2v) is 7.20. The molecule has 1 unspecified atom stereocenters. The van der Waals surface area contributed by atoms with Crippen LogP contribution in [-0.4, -0.2) is 31.2 Å². The fourth-order valence-corrected chi connectivity index (χ4v) is 2.99. The first kappa shape index (κ1) is 15.3. The van der Waals surface area contributed by atoms with Gasteiger partial charge in [-0.3, -0.25) is 4.21 Å². The first-order chi connectivity index (χ1) is 8.45. The molecule has 0 aromatic heterocycles. The highest BCUT2D eigenvalue weighted by Gasteiger charge is 2.12. The average Bonchev–Trinajstić information content (AvgIpc) is 2.34. The Balaban J connectivity index is 2.59. The topological polar surface area (TPSA) is 89.3 Å². The summed E-state index contributed by atoms with van der Waals surface area (Å²) in [6.07, 6.45) is 2.16. The van der Waals surface area contributed by atoms with Crippen LogP contribution in [0, 0.1) is 0 Å². The normalized spacial score (nSPS) is 13.4. The summed E-state index contributed by atoms with van der Waals surface area (Å²) in [5.41, 5.74) is 6.33. The van der Waals surface area contributed by atoms with Crippen LogP contribution in [0.1, 0.15) is 12.0 Å². The van der Waals surface area contributed by atoms with Gasteiger partial charge in [0, 0.05) is 35.9 Å². The van der Waals surface area contributed by atoms with Crippen LogP contribution in [0.25, 0.3) is 0 Å². The van der Waals surface area contributed by atoms with Crippen molar-refractivity contribution >= 4 is 20.8 Å². The highest BCUT2D eigenvalue weighted by atomic mass is 32.2. The number of rotatable bonds is 7. The van der Waals surface area contributed by atoms with Crippen LogP contribution < -0.4 is 10.5 Å². The van der Waals surface area contributed by atoms with Crippen molar-refractivity contribution in [2.45, 2.75) is 17.9 Å². The predicted molar refractivity (Wildman–Crippen MR) is 73.1 cm³/mol. The van der Waals surface area contributed by atoms with Crippen molar-refractivity contribution in [2.24, 2.45) is 5.73 Å². The van der Waals surface area contributed by atoms with E-state index in [0.29, 0.717) is 25.3 Å². The summed E-state index contributed by atoms with van der Waals surface area (Å²) >= 11 is 0. The summed E-state index contributed by atoms with van der Waals surface area (Å²) in [5.74, 6) is 0.495. The zero-order valence-corrected chi connectivity index (χ0v) is 11.9.